The van der Waals surface area contributed by atoms with E-state index in [0.717, 1.165) is 50.9 Å². The minimum absolute atomic E-state index is 0.0636. The number of ether oxygens (including phenoxy) is 5. The third-order valence-corrected chi connectivity index (χ3v) is 11.9. The molecule has 3 aliphatic rings. The van der Waals surface area contributed by atoms with Gasteiger partial charge in [-0.15, -0.1) is 0 Å². The lowest BCUT2D eigenvalue weighted by atomic mass is 9.78. The molecule has 2 unspecified atom stereocenters. The minimum Gasteiger partial charge on any atom is -0.423 e. The highest BCUT2D eigenvalue weighted by molar-refractivity contribution is 5.91. The molecule has 0 amide bonds. The van der Waals surface area contributed by atoms with Gasteiger partial charge in [-0.1, -0.05) is 115 Å². The van der Waals surface area contributed by atoms with E-state index in [-0.39, 0.29) is 30.8 Å². The average Bonchev–Trinajstić information content (AvgIpc) is 3.16. The van der Waals surface area contributed by atoms with Gasteiger partial charge in [0.15, 0.2) is 12.6 Å². The summed E-state index contributed by atoms with van der Waals surface area (Å²) >= 11 is 0. The highest BCUT2D eigenvalue weighted by Crippen LogP contribution is 2.40. The quantitative estimate of drug-likeness (QED) is 0.0824. The molecular weight excluding hydrogens is 636 g/mol. The molecule has 2 saturated heterocycles. The van der Waals surface area contributed by atoms with Crippen LogP contribution in [-0.2, 0) is 18.9 Å². The largest absolute Gasteiger partial charge is 0.423 e. The van der Waals surface area contributed by atoms with E-state index in [1.807, 2.05) is 36.4 Å². The molecule has 2 aromatic rings. The van der Waals surface area contributed by atoms with Gasteiger partial charge in [-0.3, -0.25) is 0 Å². The van der Waals surface area contributed by atoms with Gasteiger partial charge in [0.05, 0.1) is 31.0 Å². The number of esters is 1. The van der Waals surface area contributed by atoms with Crippen LogP contribution in [0.5, 0.6) is 5.75 Å². The number of benzene rings is 2. The van der Waals surface area contributed by atoms with E-state index in [1.165, 1.54) is 89.0 Å². The molecule has 3 fully saturated rings. The van der Waals surface area contributed by atoms with E-state index >= 15 is 0 Å². The SMILES string of the molecule is CCCCCCCC[C@@H]1CO[C@@H](c2ccc(OC(=O)c3ccc(C4CCC([C@@H]5OC[C@@H](CCCCCCCC)C(C)O5)CC4)cc3)cc2)OC1C. The standard InChI is InChI=1S/C45H68O6/c1-5-7-9-11-13-15-17-40-31-47-44(49-33(40)3)38-25-21-36(22-26-38)35-19-23-37(24-20-35)43(46)51-42-29-27-39(28-30-42)45-48-32-41(34(4)50-45)18-16-14-12-10-8-6-2/h19-20,23-24,27-30,33-34,36,38,40-41,44-45H,5-18,21-22,25-26,31-32H2,1-4H3/t33?,34?,36?,38?,40-,41-,44-,45-/m1/s1. The zero-order valence-electron chi connectivity index (χ0n) is 32.3. The number of unbranched alkanes of at least 4 members (excludes halogenated alkanes) is 10. The minimum atomic E-state index is -0.383. The van der Waals surface area contributed by atoms with Crippen molar-refractivity contribution in [1.29, 1.82) is 0 Å². The maximum atomic E-state index is 13.0. The van der Waals surface area contributed by atoms with Crippen molar-refractivity contribution < 1.29 is 28.5 Å². The fourth-order valence-corrected chi connectivity index (χ4v) is 8.31. The lowest BCUT2D eigenvalue weighted by Crippen LogP contribution is -2.42. The van der Waals surface area contributed by atoms with Gasteiger partial charge in [-0.25, -0.2) is 4.79 Å². The highest BCUT2D eigenvalue weighted by atomic mass is 16.7. The van der Waals surface area contributed by atoms with Crippen LogP contribution in [0.1, 0.15) is 177 Å². The number of carbonyl (C=O) groups excluding carboxylic acids is 1. The number of hydrogen-bond donors (Lipinski definition) is 0. The molecular formula is C45H68O6. The summed E-state index contributed by atoms with van der Waals surface area (Å²) in [6.45, 7) is 10.5. The fourth-order valence-electron chi connectivity index (χ4n) is 8.31. The molecule has 6 heteroatoms. The van der Waals surface area contributed by atoms with Gasteiger partial charge < -0.3 is 23.7 Å². The molecule has 0 N–H and O–H groups in total. The smallest absolute Gasteiger partial charge is 0.343 e. The summed E-state index contributed by atoms with van der Waals surface area (Å²) < 4.78 is 30.9. The van der Waals surface area contributed by atoms with E-state index in [0.29, 0.717) is 35.0 Å². The molecule has 5 rings (SSSR count). The zero-order chi connectivity index (χ0) is 35.8. The van der Waals surface area contributed by atoms with Crippen LogP contribution in [0.4, 0.5) is 0 Å². The average molecular weight is 705 g/mol. The Morgan fingerprint density at radius 3 is 1.73 bits per heavy atom. The molecule has 1 aliphatic carbocycles. The topological polar surface area (TPSA) is 63.2 Å². The molecule has 51 heavy (non-hydrogen) atoms. The van der Waals surface area contributed by atoms with Crippen molar-refractivity contribution in [2.75, 3.05) is 13.2 Å². The molecule has 0 radical (unpaired) electrons. The molecule has 0 spiro atoms. The Kier molecular flexibility index (Phi) is 16.8. The van der Waals surface area contributed by atoms with Crippen molar-refractivity contribution in [2.45, 2.75) is 174 Å². The summed E-state index contributed by atoms with van der Waals surface area (Å²) in [5, 5.41) is 0. The zero-order valence-corrected chi connectivity index (χ0v) is 32.3. The van der Waals surface area contributed by atoms with Gasteiger partial charge in [-0.2, -0.15) is 0 Å². The van der Waals surface area contributed by atoms with Crippen LogP contribution < -0.4 is 4.74 Å². The Balaban J connectivity index is 0.995. The predicted octanol–water partition coefficient (Wildman–Crippen LogP) is 12.1. The van der Waals surface area contributed by atoms with Gasteiger partial charge in [0.1, 0.15) is 5.75 Å². The molecule has 2 aromatic carbocycles. The molecule has 6 nitrogen and oxygen atoms in total. The van der Waals surface area contributed by atoms with Gasteiger partial charge in [0.25, 0.3) is 0 Å². The summed E-state index contributed by atoms with van der Waals surface area (Å²) in [6, 6.07) is 15.6. The molecule has 284 valence electrons. The van der Waals surface area contributed by atoms with Crippen molar-refractivity contribution in [3.63, 3.8) is 0 Å². The van der Waals surface area contributed by atoms with E-state index in [1.54, 1.807) is 0 Å². The Morgan fingerprint density at radius 2 is 1.16 bits per heavy atom. The van der Waals surface area contributed by atoms with Gasteiger partial charge in [0, 0.05) is 23.3 Å². The third kappa shape index (κ3) is 12.4. The molecule has 2 aliphatic heterocycles. The van der Waals surface area contributed by atoms with E-state index in [2.05, 4.69) is 39.8 Å². The first-order valence-corrected chi connectivity index (χ1v) is 20.9. The summed E-state index contributed by atoms with van der Waals surface area (Å²) in [4.78, 5) is 13.0. The first-order valence-electron chi connectivity index (χ1n) is 20.9. The first kappa shape index (κ1) is 39.9. The van der Waals surface area contributed by atoms with E-state index in [4.69, 9.17) is 23.7 Å². The lowest BCUT2D eigenvalue weighted by molar-refractivity contribution is -0.257. The molecule has 0 aromatic heterocycles. The number of rotatable bonds is 19. The van der Waals surface area contributed by atoms with Crippen LogP contribution in [0.3, 0.4) is 0 Å². The maximum Gasteiger partial charge on any atom is 0.343 e. The maximum absolute atomic E-state index is 13.0. The lowest BCUT2D eigenvalue weighted by Gasteiger charge is -2.40. The highest BCUT2D eigenvalue weighted by Gasteiger charge is 2.36. The Morgan fingerprint density at radius 1 is 0.627 bits per heavy atom. The van der Waals surface area contributed by atoms with Crippen molar-refractivity contribution >= 4 is 5.97 Å². The van der Waals surface area contributed by atoms with Crippen LogP contribution in [0.25, 0.3) is 0 Å². The van der Waals surface area contributed by atoms with Crippen LogP contribution in [-0.4, -0.2) is 37.7 Å². The Labute approximate surface area is 309 Å². The monoisotopic (exact) mass is 705 g/mol. The second-order valence-electron chi connectivity index (χ2n) is 15.9. The second-order valence-corrected chi connectivity index (χ2v) is 15.9. The van der Waals surface area contributed by atoms with Gasteiger partial charge in [-0.05, 0) is 88.1 Å². The van der Waals surface area contributed by atoms with Crippen molar-refractivity contribution in [3.05, 3.63) is 65.2 Å². The van der Waals surface area contributed by atoms with Crippen molar-refractivity contribution in [3.8, 4) is 5.75 Å². The third-order valence-electron chi connectivity index (χ3n) is 11.9. The van der Waals surface area contributed by atoms with Crippen LogP contribution in [0.2, 0.25) is 0 Å². The number of carbonyl (C=O) groups is 1. The molecule has 2 heterocycles. The Bertz CT molecular complexity index is 1250. The van der Waals surface area contributed by atoms with Crippen molar-refractivity contribution in [2.24, 2.45) is 17.8 Å². The van der Waals surface area contributed by atoms with Crippen LogP contribution >= 0.6 is 0 Å². The first-order chi connectivity index (χ1) is 24.9. The predicted molar refractivity (Wildman–Crippen MR) is 205 cm³/mol. The van der Waals surface area contributed by atoms with Crippen molar-refractivity contribution in [1.82, 2.24) is 0 Å². The number of hydrogen-bond acceptors (Lipinski definition) is 6. The van der Waals surface area contributed by atoms with Gasteiger partial charge in [0.2, 0.25) is 0 Å². The summed E-state index contributed by atoms with van der Waals surface area (Å²) in [6.07, 6.45) is 22.7. The van der Waals surface area contributed by atoms with Gasteiger partial charge >= 0.3 is 5.97 Å². The molecule has 0 bridgehead atoms. The van der Waals surface area contributed by atoms with E-state index < -0.39 is 0 Å². The summed E-state index contributed by atoms with van der Waals surface area (Å²) in [7, 11) is 0. The van der Waals surface area contributed by atoms with Crippen LogP contribution in [0, 0.1) is 17.8 Å². The molecule has 1 saturated carbocycles. The molecule has 6 atom stereocenters. The normalized spacial score (nSPS) is 28.4. The second kappa shape index (κ2) is 21.5. The summed E-state index contributed by atoms with van der Waals surface area (Å²) in [5.41, 5.74) is 2.81. The Hall–Kier alpha value is -2.25. The fraction of sp³-hybridized carbons (Fsp3) is 0.711. The van der Waals surface area contributed by atoms with Crippen LogP contribution in [0.15, 0.2) is 48.5 Å². The van der Waals surface area contributed by atoms with E-state index in [9.17, 15) is 4.79 Å². The summed E-state index contributed by atoms with van der Waals surface area (Å²) in [5.74, 6) is 2.10.